The molecular formula is C17H20FNO. The third-order valence-corrected chi connectivity index (χ3v) is 3.05. The Kier molecular flexibility index (Phi) is 4.74. The Morgan fingerprint density at radius 3 is 2.50 bits per heavy atom. The Morgan fingerprint density at radius 1 is 1.05 bits per heavy atom. The first kappa shape index (κ1) is 14.5. The summed E-state index contributed by atoms with van der Waals surface area (Å²) in [6, 6.07) is 13.3. The van der Waals surface area contributed by atoms with Crippen LogP contribution in [-0.2, 0) is 6.54 Å². The van der Waals surface area contributed by atoms with Crippen LogP contribution >= 0.6 is 0 Å². The van der Waals surface area contributed by atoms with Gasteiger partial charge in [-0.2, -0.15) is 0 Å². The zero-order valence-corrected chi connectivity index (χ0v) is 12.1. The minimum atomic E-state index is -0.306. The summed E-state index contributed by atoms with van der Waals surface area (Å²) in [5.41, 5.74) is 1.60. The maximum absolute atomic E-state index is 14.0. The molecule has 0 aromatic heterocycles. The Balaban J connectivity index is 2.22. The predicted octanol–water partition coefficient (Wildman–Crippen LogP) is 4.42. The van der Waals surface area contributed by atoms with Crippen molar-refractivity contribution >= 4 is 0 Å². The largest absolute Gasteiger partial charge is 0.454 e. The van der Waals surface area contributed by atoms with Gasteiger partial charge in [0.2, 0.25) is 0 Å². The Morgan fingerprint density at radius 2 is 1.75 bits per heavy atom. The number of benzene rings is 2. The van der Waals surface area contributed by atoms with Crippen molar-refractivity contribution in [2.24, 2.45) is 0 Å². The lowest BCUT2D eigenvalue weighted by Gasteiger charge is -2.14. The lowest BCUT2D eigenvalue weighted by atomic mass is 10.2. The van der Waals surface area contributed by atoms with Crippen LogP contribution in [-0.4, -0.2) is 6.04 Å². The molecule has 0 bridgehead atoms. The van der Waals surface area contributed by atoms with Crippen molar-refractivity contribution in [2.75, 3.05) is 0 Å². The SMILES string of the molecule is Cc1cccc(Oc2ccccc2CNC(C)C)c1F. The molecule has 0 amide bonds. The third-order valence-electron chi connectivity index (χ3n) is 3.05. The Labute approximate surface area is 119 Å². The van der Waals surface area contributed by atoms with Gasteiger partial charge in [0.15, 0.2) is 11.6 Å². The first-order valence-corrected chi connectivity index (χ1v) is 6.82. The molecule has 2 rings (SSSR count). The third kappa shape index (κ3) is 3.58. The number of halogens is 1. The van der Waals surface area contributed by atoms with Gasteiger partial charge in [-0.3, -0.25) is 0 Å². The van der Waals surface area contributed by atoms with Gasteiger partial charge in [-0.05, 0) is 24.6 Å². The molecule has 0 spiro atoms. The minimum absolute atomic E-state index is 0.266. The summed E-state index contributed by atoms with van der Waals surface area (Å²) in [6.45, 7) is 6.60. The molecule has 0 heterocycles. The summed E-state index contributed by atoms with van der Waals surface area (Å²) in [5.74, 6) is 0.645. The van der Waals surface area contributed by atoms with E-state index in [2.05, 4.69) is 19.2 Å². The van der Waals surface area contributed by atoms with E-state index >= 15 is 0 Å². The molecule has 2 aromatic carbocycles. The molecule has 1 N–H and O–H groups in total. The maximum atomic E-state index is 14.0. The molecule has 106 valence electrons. The van der Waals surface area contributed by atoms with Gasteiger partial charge < -0.3 is 10.1 Å². The van der Waals surface area contributed by atoms with Gasteiger partial charge >= 0.3 is 0 Å². The van der Waals surface area contributed by atoms with Gasteiger partial charge in [0.25, 0.3) is 0 Å². The fourth-order valence-corrected chi connectivity index (χ4v) is 1.88. The quantitative estimate of drug-likeness (QED) is 0.870. The van der Waals surface area contributed by atoms with Crippen molar-refractivity contribution in [1.29, 1.82) is 0 Å². The zero-order valence-electron chi connectivity index (χ0n) is 12.1. The van der Waals surface area contributed by atoms with Crippen LogP contribution in [0, 0.1) is 12.7 Å². The molecule has 2 nitrogen and oxygen atoms in total. The Bertz CT molecular complexity index is 581. The van der Waals surface area contributed by atoms with Crippen LogP contribution in [0.3, 0.4) is 0 Å². The van der Waals surface area contributed by atoms with E-state index in [9.17, 15) is 4.39 Å². The summed E-state index contributed by atoms with van der Waals surface area (Å²) in [5, 5.41) is 3.34. The van der Waals surface area contributed by atoms with Crippen molar-refractivity contribution in [2.45, 2.75) is 33.4 Å². The second kappa shape index (κ2) is 6.53. The van der Waals surface area contributed by atoms with Crippen molar-refractivity contribution < 1.29 is 9.13 Å². The number of hydrogen-bond acceptors (Lipinski definition) is 2. The first-order valence-electron chi connectivity index (χ1n) is 6.82. The highest BCUT2D eigenvalue weighted by atomic mass is 19.1. The number of nitrogens with one attached hydrogen (secondary N) is 1. The van der Waals surface area contributed by atoms with Crippen molar-refractivity contribution in [3.05, 3.63) is 59.4 Å². The number of rotatable bonds is 5. The average Bonchev–Trinajstić information content (AvgIpc) is 2.43. The minimum Gasteiger partial charge on any atom is -0.454 e. The first-order chi connectivity index (χ1) is 9.58. The second-order valence-corrected chi connectivity index (χ2v) is 5.13. The van der Waals surface area contributed by atoms with E-state index in [4.69, 9.17) is 4.74 Å². The van der Waals surface area contributed by atoms with Crippen LogP contribution in [0.25, 0.3) is 0 Å². The zero-order chi connectivity index (χ0) is 14.5. The van der Waals surface area contributed by atoms with Crippen LogP contribution < -0.4 is 10.1 Å². The van der Waals surface area contributed by atoms with Gasteiger partial charge in [0, 0.05) is 18.2 Å². The average molecular weight is 273 g/mol. The molecule has 0 aliphatic heterocycles. The van der Waals surface area contributed by atoms with Crippen LogP contribution in [0.1, 0.15) is 25.0 Å². The molecule has 0 unspecified atom stereocenters. The van der Waals surface area contributed by atoms with E-state index in [0.29, 0.717) is 23.9 Å². The highest BCUT2D eigenvalue weighted by molar-refractivity contribution is 5.39. The number of aryl methyl sites for hydroxylation is 1. The van der Waals surface area contributed by atoms with Crippen LogP contribution in [0.15, 0.2) is 42.5 Å². The fraction of sp³-hybridized carbons (Fsp3) is 0.294. The lowest BCUT2D eigenvalue weighted by Crippen LogP contribution is -2.22. The normalized spacial score (nSPS) is 10.8. The standard InChI is InChI=1S/C17H20FNO/c1-12(2)19-11-14-8-4-5-9-15(14)20-16-10-6-7-13(3)17(16)18/h4-10,12,19H,11H2,1-3H3. The molecule has 0 aliphatic rings. The molecule has 0 aliphatic carbocycles. The van der Waals surface area contributed by atoms with Crippen molar-refractivity contribution in [3.63, 3.8) is 0 Å². The van der Waals surface area contributed by atoms with E-state index in [1.54, 1.807) is 25.1 Å². The summed E-state index contributed by atoms with van der Waals surface area (Å²) < 4.78 is 19.7. The second-order valence-electron chi connectivity index (χ2n) is 5.13. The number of hydrogen-bond donors (Lipinski definition) is 1. The number of ether oxygens (including phenoxy) is 1. The molecule has 3 heteroatoms. The van der Waals surface area contributed by atoms with E-state index in [-0.39, 0.29) is 11.6 Å². The van der Waals surface area contributed by atoms with Gasteiger partial charge in [-0.1, -0.05) is 44.2 Å². The highest BCUT2D eigenvalue weighted by Crippen LogP contribution is 2.28. The predicted molar refractivity (Wildman–Crippen MR) is 79.6 cm³/mol. The molecule has 0 saturated carbocycles. The van der Waals surface area contributed by atoms with Crippen LogP contribution in [0.4, 0.5) is 4.39 Å². The van der Waals surface area contributed by atoms with Gasteiger partial charge in [0.1, 0.15) is 5.75 Å². The number of para-hydroxylation sites is 1. The maximum Gasteiger partial charge on any atom is 0.168 e. The fourth-order valence-electron chi connectivity index (χ4n) is 1.88. The lowest BCUT2D eigenvalue weighted by molar-refractivity contribution is 0.432. The van der Waals surface area contributed by atoms with E-state index in [1.165, 1.54) is 0 Å². The molecule has 0 radical (unpaired) electrons. The summed E-state index contributed by atoms with van der Waals surface area (Å²) in [4.78, 5) is 0. The molecule has 0 saturated heterocycles. The van der Waals surface area contributed by atoms with E-state index in [1.807, 2.05) is 24.3 Å². The molecule has 0 fully saturated rings. The van der Waals surface area contributed by atoms with E-state index < -0.39 is 0 Å². The Hall–Kier alpha value is -1.87. The van der Waals surface area contributed by atoms with Gasteiger partial charge in [-0.25, -0.2) is 4.39 Å². The summed E-state index contributed by atoms with van der Waals surface area (Å²) in [6.07, 6.45) is 0. The molecular weight excluding hydrogens is 253 g/mol. The molecule has 20 heavy (non-hydrogen) atoms. The molecule has 2 aromatic rings. The highest BCUT2D eigenvalue weighted by Gasteiger charge is 2.10. The van der Waals surface area contributed by atoms with Crippen molar-refractivity contribution in [1.82, 2.24) is 5.32 Å². The van der Waals surface area contributed by atoms with Crippen LogP contribution in [0.5, 0.6) is 11.5 Å². The summed E-state index contributed by atoms with van der Waals surface area (Å²) >= 11 is 0. The van der Waals surface area contributed by atoms with Crippen molar-refractivity contribution in [3.8, 4) is 11.5 Å². The topological polar surface area (TPSA) is 21.3 Å². The summed E-state index contributed by atoms with van der Waals surface area (Å²) in [7, 11) is 0. The van der Waals surface area contributed by atoms with E-state index in [0.717, 1.165) is 5.56 Å². The van der Waals surface area contributed by atoms with Gasteiger partial charge in [0.05, 0.1) is 0 Å². The smallest absolute Gasteiger partial charge is 0.168 e. The monoisotopic (exact) mass is 273 g/mol. The van der Waals surface area contributed by atoms with Gasteiger partial charge in [-0.15, -0.1) is 0 Å². The van der Waals surface area contributed by atoms with Crippen LogP contribution in [0.2, 0.25) is 0 Å². The molecule has 0 atom stereocenters.